The Morgan fingerprint density at radius 2 is 1.63 bits per heavy atom. The summed E-state index contributed by atoms with van der Waals surface area (Å²) >= 11 is 19.1. The molecule has 1 aromatic heterocycles. The molecule has 0 radical (unpaired) electrons. The fourth-order valence-electron chi connectivity index (χ4n) is 3.47. The van der Waals surface area contributed by atoms with Crippen LogP contribution in [0.2, 0.25) is 15.1 Å². The van der Waals surface area contributed by atoms with Gasteiger partial charge in [0.15, 0.2) is 0 Å². The van der Waals surface area contributed by atoms with Gasteiger partial charge < -0.3 is 9.72 Å². The number of aromatic amines is 1. The van der Waals surface area contributed by atoms with Crippen LogP contribution in [0.25, 0.3) is 10.9 Å². The van der Waals surface area contributed by atoms with Gasteiger partial charge in [0, 0.05) is 22.5 Å². The van der Waals surface area contributed by atoms with Crippen molar-refractivity contribution in [3.63, 3.8) is 0 Å². The van der Waals surface area contributed by atoms with Gasteiger partial charge in [-0.05, 0) is 41.0 Å². The molecule has 4 aromatic rings. The fraction of sp³-hybridized carbons (Fsp3) is 0.0909. The average Bonchev–Trinajstić information content (AvgIpc) is 3.07. The summed E-state index contributed by atoms with van der Waals surface area (Å²) in [6, 6.07) is 19.8. The van der Waals surface area contributed by atoms with E-state index in [0.717, 1.165) is 27.6 Å². The summed E-state index contributed by atoms with van der Waals surface area (Å²) in [5.74, 6) is 0.620. The van der Waals surface area contributed by atoms with Crippen molar-refractivity contribution in [2.45, 2.75) is 5.92 Å². The van der Waals surface area contributed by atoms with E-state index in [9.17, 15) is 0 Å². The smallest absolute Gasteiger partial charge is 0.137 e. The molecule has 0 amide bonds. The molecule has 1 unspecified atom stereocenters. The molecule has 2 nitrogen and oxygen atoms in total. The second kappa shape index (κ2) is 7.47. The topological polar surface area (TPSA) is 25.0 Å². The van der Waals surface area contributed by atoms with E-state index in [2.05, 4.69) is 17.1 Å². The number of hydrogen-bond donors (Lipinski definition) is 1. The van der Waals surface area contributed by atoms with Gasteiger partial charge in [0.25, 0.3) is 0 Å². The number of benzene rings is 3. The van der Waals surface area contributed by atoms with Crippen LogP contribution < -0.4 is 4.74 Å². The van der Waals surface area contributed by atoms with Gasteiger partial charge in [0.05, 0.1) is 22.7 Å². The summed E-state index contributed by atoms with van der Waals surface area (Å²) < 4.78 is 5.30. The number of methoxy groups -OCH3 is 1. The summed E-state index contributed by atoms with van der Waals surface area (Å²) in [5, 5.41) is 2.77. The van der Waals surface area contributed by atoms with Crippen LogP contribution in [0.1, 0.15) is 22.6 Å². The molecule has 0 saturated heterocycles. The summed E-state index contributed by atoms with van der Waals surface area (Å²) in [5.41, 5.74) is 4.16. The molecule has 136 valence electrons. The van der Waals surface area contributed by atoms with Crippen LogP contribution in [0.4, 0.5) is 0 Å². The van der Waals surface area contributed by atoms with Gasteiger partial charge in [0.1, 0.15) is 5.75 Å². The molecule has 1 heterocycles. The molecule has 4 rings (SSSR count). The zero-order valence-corrected chi connectivity index (χ0v) is 16.7. The van der Waals surface area contributed by atoms with Crippen LogP contribution in [0, 0.1) is 0 Å². The molecule has 0 saturated carbocycles. The van der Waals surface area contributed by atoms with E-state index in [0.29, 0.717) is 20.8 Å². The Morgan fingerprint density at radius 3 is 2.33 bits per heavy atom. The molecular weight excluding hydrogens is 401 g/mol. The monoisotopic (exact) mass is 415 g/mol. The van der Waals surface area contributed by atoms with Crippen molar-refractivity contribution in [2.75, 3.05) is 7.11 Å². The molecule has 0 aliphatic rings. The van der Waals surface area contributed by atoms with Crippen molar-refractivity contribution in [1.82, 2.24) is 4.98 Å². The summed E-state index contributed by atoms with van der Waals surface area (Å²) in [6.07, 6.45) is 1.99. The minimum atomic E-state index is -0.0297. The highest BCUT2D eigenvalue weighted by Crippen LogP contribution is 2.40. The maximum atomic E-state index is 6.42. The van der Waals surface area contributed by atoms with Gasteiger partial charge in [-0.15, -0.1) is 0 Å². The lowest BCUT2D eigenvalue weighted by molar-refractivity contribution is 0.415. The minimum Gasteiger partial charge on any atom is -0.495 e. The first kappa shape index (κ1) is 18.2. The molecule has 0 aliphatic carbocycles. The third kappa shape index (κ3) is 3.41. The molecule has 27 heavy (non-hydrogen) atoms. The highest BCUT2D eigenvalue weighted by atomic mass is 35.5. The molecule has 0 aliphatic heterocycles. The van der Waals surface area contributed by atoms with E-state index in [4.69, 9.17) is 39.5 Å². The zero-order valence-electron chi connectivity index (χ0n) is 14.5. The van der Waals surface area contributed by atoms with E-state index in [1.54, 1.807) is 13.2 Å². The molecule has 3 aromatic carbocycles. The lowest BCUT2D eigenvalue weighted by atomic mass is 9.85. The van der Waals surface area contributed by atoms with Crippen LogP contribution in [0.3, 0.4) is 0 Å². The van der Waals surface area contributed by atoms with Crippen LogP contribution in [0.5, 0.6) is 5.75 Å². The quantitative estimate of drug-likeness (QED) is 0.370. The van der Waals surface area contributed by atoms with Crippen molar-refractivity contribution in [1.29, 1.82) is 0 Å². The lowest BCUT2D eigenvalue weighted by Gasteiger charge is -2.19. The highest BCUT2D eigenvalue weighted by Gasteiger charge is 2.22. The largest absolute Gasteiger partial charge is 0.495 e. The third-order valence-electron chi connectivity index (χ3n) is 4.69. The van der Waals surface area contributed by atoms with Crippen molar-refractivity contribution in [2.24, 2.45) is 0 Å². The van der Waals surface area contributed by atoms with Crippen molar-refractivity contribution in [3.05, 3.63) is 98.6 Å². The Balaban J connectivity index is 1.96. The molecular formula is C22H16Cl3NO. The van der Waals surface area contributed by atoms with Crippen LogP contribution in [0.15, 0.2) is 66.9 Å². The SMILES string of the molecule is COc1ccc(C(c2ccccc2)c2c[nH]c3c(Cl)cc(Cl)cc23)cc1Cl. The van der Waals surface area contributed by atoms with Crippen molar-refractivity contribution < 1.29 is 4.74 Å². The Morgan fingerprint density at radius 1 is 0.852 bits per heavy atom. The number of fused-ring (bicyclic) bond motifs is 1. The summed E-state index contributed by atoms with van der Waals surface area (Å²) in [6.45, 7) is 0. The second-order valence-corrected chi connectivity index (χ2v) is 7.54. The predicted octanol–water partition coefficient (Wildman–Crippen LogP) is 7.32. The molecule has 5 heteroatoms. The molecule has 1 N–H and O–H groups in total. The van der Waals surface area contributed by atoms with Gasteiger partial charge in [-0.2, -0.15) is 0 Å². The van der Waals surface area contributed by atoms with E-state index in [-0.39, 0.29) is 5.92 Å². The van der Waals surface area contributed by atoms with E-state index >= 15 is 0 Å². The van der Waals surface area contributed by atoms with Gasteiger partial charge >= 0.3 is 0 Å². The van der Waals surface area contributed by atoms with Crippen molar-refractivity contribution >= 4 is 45.7 Å². The Labute approximate surface area is 172 Å². The number of aromatic nitrogens is 1. The van der Waals surface area contributed by atoms with Crippen molar-refractivity contribution in [3.8, 4) is 5.75 Å². The minimum absolute atomic E-state index is 0.0297. The number of rotatable bonds is 4. The summed E-state index contributed by atoms with van der Waals surface area (Å²) in [7, 11) is 1.61. The first-order valence-electron chi connectivity index (χ1n) is 8.43. The first-order valence-corrected chi connectivity index (χ1v) is 9.56. The summed E-state index contributed by atoms with van der Waals surface area (Å²) in [4.78, 5) is 3.29. The maximum absolute atomic E-state index is 6.42. The number of halogens is 3. The van der Waals surface area contributed by atoms with Gasteiger partial charge in [-0.1, -0.05) is 71.2 Å². The normalized spacial score (nSPS) is 12.3. The second-order valence-electron chi connectivity index (χ2n) is 6.29. The number of ether oxygens (including phenoxy) is 1. The Kier molecular flexibility index (Phi) is 5.05. The standard InChI is InChI=1S/C22H16Cl3NO/c1-27-20-8-7-14(9-18(20)24)21(13-5-3-2-4-6-13)17-12-26-22-16(17)10-15(23)11-19(22)25/h2-12,21,26H,1H3. The Hall–Kier alpha value is -2.13. The average molecular weight is 417 g/mol. The van der Waals surface area contributed by atoms with E-state index in [1.807, 2.05) is 48.7 Å². The van der Waals surface area contributed by atoms with Gasteiger partial charge in [-0.3, -0.25) is 0 Å². The molecule has 0 fully saturated rings. The van der Waals surface area contributed by atoms with Crippen LogP contribution in [-0.2, 0) is 0 Å². The maximum Gasteiger partial charge on any atom is 0.137 e. The highest BCUT2D eigenvalue weighted by molar-refractivity contribution is 6.38. The van der Waals surface area contributed by atoms with Crippen LogP contribution >= 0.6 is 34.8 Å². The zero-order chi connectivity index (χ0) is 19.0. The number of hydrogen-bond acceptors (Lipinski definition) is 1. The number of nitrogens with one attached hydrogen (secondary N) is 1. The molecule has 0 spiro atoms. The molecule has 1 atom stereocenters. The lowest BCUT2D eigenvalue weighted by Crippen LogP contribution is -2.03. The van der Waals surface area contributed by atoms with Crippen LogP contribution in [-0.4, -0.2) is 12.1 Å². The Bertz CT molecular complexity index is 1110. The van der Waals surface area contributed by atoms with Gasteiger partial charge in [0.2, 0.25) is 0 Å². The molecule has 0 bridgehead atoms. The number of H-pyrrole nitrogens is 1. The van der Waals surface area contributed by atoms with E-state index < -0.39 is 0 Å². The predicted molar refractivity (Wildman–Crippen MR) is 114 cm³/mol. The van der Waals surface area contributed by atoms with E-state index in [1.165, 1.54) is 0 Å². The third-order valence-corrected chi connectivity index (χ3v) is 5.50. The fourth-order valence-corrected chi connectivity index (χ4v) is 4.29. The van der Waals surface area contributed by atoms with Gasteiger partial charge in [-0.25, -0.2) is 0 Å². The first-order chi connectivity index (χ1) is 13.1.